The number of rotatable bonds is 4. The molecule has 1 aliphatic heterocycles. The summed E-state index contributed by atoms with van der Waals surface area (Å²) in [6, 6.07) is -0.105. The van der Waals surface area contributed by atoms with Crippen LogP contribution >= 0.6 is 0 Å². The fourth-order valence-corrected chi connectivity index (χ4v) is 3.05. The highest BCUT2D eigenvalue weighted by Crippen LogP contribution is 2.29. The minimum Gasteiger partial charge on any atom is -0.294 e. The minimum absolute atomic E-state index is 0.105. The van der Waals surface area contributed by atoms with Gasteiger partial charge in [-0.05, 0) is 20.3 Å². The van der Waals surface area contributed by atoms with Crippen LogP contribution in [0.15, 0.2) is 27.3 Å². The van der Waals surface area contributed by atoms with Gasteiger partial charge in [-0.15, -0.1) is 6.58 Å². The number of hydrogen-bond donors (Lipinski definition) is 0. The van der Waals surface area contributed by atoms with E-state index < -0.39 is 0 Å². The molecule has 1 unspecified atom stereocenters. The van der Waals surface area contributed by atoms with Crippen molar-refractivity contribution in [1.82, 2.24) is 18.7 Å². The van der Waals surface area contributed by atoms with Crippen LogP contribution in [-0.4, -0.2) is 30.9 Å². The molecule has 0 aliphatic carbocycles. The Labute approximate surface area is 139 Å². The largest absolute Gasteiger partial charge is 0.332 e. The average Bonchev–Trinajstić information content (AvgIpc) is 2.96. The first-order valence-corrected chi connectivity index (χ1v) is 8.07. The number of imidazole rings is 1. The molecular weight excluding hydrogens is 308 g/mol. The van der Waals surface area contributed by atoms with Crippen molar-refractivity contribution >= 4 is 22.8 Å². The van der Waals surface area contributed by atoms with Crippen molar-refractivity contribution in [2.45, 2.75) is 39.8 Å². The van der Waals surface area contributed by atoms with E-state index >= 15 is 0 Å². The van der Waals surface area contributed by atoms with E-state index in [4.69, 9.17) is 0 Å². The zero-order valence-corrected chi connectivity index (χ0v) is 14.5. The standard InChI is InChI=1S/C16H22N6O2/c1-6-8-20-14(23)12-13(19(5)16(20)24)17-15-21(9-7-2)18-10(3)11(4)22(12)15/h7,11H,2,6,8-9H2,1,3-5H3. The van der Waals surface area contributed by atoms with E-state index in [9.17, 15) is 9.59 Å². The van der Waals surface area contributed by atoms with Gasteiger partial charge in [-0.25, -0.2) is 9.80 Å². The first kappa shape index (κ1) is 16.2. The van der Waals surface area contributed by atoms with Crippen molar-refractivity contribution in [2.75, 3.05) is 11.6 Å². The van der Waals surface area contributed by atoms with Crippen LogP contribution in [-0.2, 0) is 13.6 Å². The van der Waals surface area contributed by atoms with Crippen LogP contribution in [0.1, 0.15) is 33.2 Å². The first-order valence-electron chi connectivity index (χ1n) is 8.07. The van der Waals surface area contributed by atoms with Gasteiger partial charge in [0.05, 0.1) is 18.3 Å². The maximum absolute atomic E-state index is 13.0. The molecule has 8 nitrogen and oxygen atoms in total. The molecule has 0 saturated heterocycles. The highest BCUT2D eigenvalue weighted by Gasteiger charge is 2.29. The Morgan fingerprint density at radius 2 is 2.04 bits per heavy atom. The molecule has 0 aromatic carbocycles. The Morgan fingerprint density at radius 3 is 2.67 bits per heavy atom. The monoisotopic (exact) mass is 330 g/mol. The lowest BCUT2D eigenvalue weighted by Gasteiger charge is -2.28. The molecule has 0 fully saturated rings. The molecular formula is C16H22N6O2. The summed E-state index contributed by atoms with van der Waals surface area (Å²) in [4.78, 5) is 30.0. The number of hydrazone groups is 1. The summed E-state index contributed by atoms with van der Waals surface area (Å²) in [6.07, 6.45) is 2.44. The van der Waals surface area contributed by atoms with Gasteiger partial charge in [0.1, 0.15) is 0 Å². The van der Waals surface area contributed by atoms with Crippen LogP contribution in [0.3, 0.4) is 0 Å². The fourth-order valence-electron chi connectivity index (χ4n) is 3.05. The fraction of sp³-hybridized carbons (Fsp3) is 0.500. The van der Waals surface area contributed by atoms with Gasteiger partial charge in [0.15, 0.2) is 11.2 Å². The summed E-state index contributed by atoms with van der Waals surface area (Å²) < 4.78 is 4.59. The van der Waals surface area contributed by atoms with Crippen molar-refractivity contribution in [2.24, 2.45) is 12.1 Å². The molecule has 128 valence electrons. The van der Waals surface area contributed by atoms with Crippen LogP contribution in [0, 0.1) is 0 Å². The Balaban J connectivity index is 2.43. The van der Waals surface area contributed by atoms with Crippen LogP contribution in [0.4, 0.5) is 5.95 Å². The molecule has 0 radical (unpaired) electrons. The molecule has 8 heteroatoms. The predicted molar refractivity (Wildman–Crippen MR) is 94.9 cm³/mol. The normalized spacial score (nSPS) is 17.1. The Morgan fingerprint density at radius 1 is 1.33 bits per heavy atom. The second kappa shape index (κ2) is 5.77. The lowest BCUT2D eigenvalue weighted by Crippen LogP contribution is -2.40. The molecule has 0 bridgehead atoms. The summed E-state index contributed by atoms with van der Waals surface area (Å²) in [5.41, 5.74) is 1.06. The highest BCUT2D eigenvalue weighted by atomic mass is 16.2. The molecule has 2 aromatic rings. The molecule has 0 amide bonds. The molecule has 0 saturated carbocycles. The number of nitrogens with zero attached hydrogens (tertiary/aromatic N) is 6. The number of aryl methyl sites for hydroxylation is 1. The van der Waals surface area contributed by atoms with Gasteiger partial charge in [0.2, 0.25) is 5.95 Å². The van der Waals surface area contributed by atoms with Crippen LogP contribution in [0.2, 0.25) is 0 Å². The third kappa shape index (κ3) is 2.13. The van der Waals surface area contributed by atoms with Gasteiger partial charge in [-0.3, -0.25) is 18.5 Å². The average molecular weight is 330 g/mol. The molecule has 3 heterocycles. The van der Waals surface area contributed by atoms with Gasteiger partial charge in [-0.2, -0.15) is 10.1 Å². The summed E-state index contributed by atoms with van der Waals surface area (Å²) in [5.74, 6) is 0.560. The summed E-state index contributed by atoms with van der Waals surface area (Å²) >= 11 is 0. The van der Waals surface area contributed by atoms with Crippen molar-refractivity contribution < 1.29 is 0 Å². The second-order valence-corrected chi connectivity index (χ2v) is 6.04. The maximum atomic E-state index is 13.0. The van der Waals surface area contributed by atoms with E-state index in [2.05, 4.69) is 16.7 Å². The van der Waals surface area contributed by atoms with Crippen molar-refractivity contribution in [3.05, 3.63) is 33.5 Å². The molecule has 0 spiro atoms. The van der Waals surface area contributed by atoms with E-state index in [-0.39, 0.29) is 17.3 Å². The minimum atomic E-state index is -0.342. The van der Waals surface area contributed by atoms with Gasteiger partial charge in [0.25, 0.3) is 5.56 Å². The molecule has 2 aromatic heterocycles. The van der Waals surface area contributed by atoms with Crippen molar-refractivity contribution in [1.29, 1.82) is 0 Å². The van der Waals surface area contributed by atoms with E-state index in [1.807, 2.05) is 25.3 Å². The van der Waals surface area contributed by atoms with Crippen LogP contribution < -0.4 is 16.3 Å². The first-order chi connectivity index (χ1) is 11.4. The number of fused-ring (bicyclic) bond motifs is 3. The Bertz CT molecular complexity index is 962. The zero-order valence-electron chi connectivity index (χ0n) is 14.5. The Hall–Kier alpha value is -2.64. The zero-order chi connectivity index (χ0) is 17.6. The SMILES string of the molecule is C=CCN1N=C(C)C(C)n2c1nc1c2c(=O)n(CCC)c(=O)n1C. The molecule has 0 N–H and O–H groups in total. The summed E-state index contributed by atoms with van der Waals surface area (Å²) in [5, 5.41) is 6.23. The number of aromatic nitrogens is 4. The van der Waals surface area contributed by atoms with E-state index in [1.54, 1.807) is 18.1 Å². The molecule has 24 heavy (non-hydrogen) atoms. The Kier molecular flexibility index (Phi) is 3.90. The lowest BCUT2D eigenvalue weighted by molar-refractivity contribution is 0.587. The number of hydrogen-bond acceptors (Lipinski definition) is 5. The van der Waals surface area contributed by atoms with Gasteiger partial charge in [-0.1, -0.05) is 13.0 Å². The highest BCUT2D eigenvalue weighted by molar-refractivity contribution is 5.91. The third-order valence-corrected chi connectivity index (χ3v) is 4.41. The smallest absolute Gasteiger partial charge is 0.294 e. The summed E-state index contributed by atoms with van der Waals surface area (Å²) in [7, 11) is 1.64. The van der Waals surface area contributed by atoms with Crippen molar-refractivity contribution in [3.63, 3.8) is 0 Å². The second-order valence-electron chi connectivity index (χ2n) is 6.04. The lowest BCUT2D eigenvalue weighted by atomic mass is 10.2. The van der Waals surface area contributed by atoms with Crippen LogP contribution in [0.25, 0.3) is 11.2 Å². The van der Waals surface area contributed by atoms with E-state index in [0.29, 0.717) is 36.6 Å². The van der Waals surface area contributed by atoms with Gasteiger partial charge in [0, 0.05) is 13.6 Å². The van der Waals surface area contributed by atoms with E-state index in [0.717, 1.165) is 5.71 Å². The van der Waals surface area contributed by atoms with Gasteiger partial charge >= 0.3 is 5.69 Å². The number of anilines is 1. The third-order valence-electron chi connectivity index (χ3n) is 4.41. The quantitative estimate of drug-likeness (QED) is 0.791. The van der Waals surface area contributed by atoms with Crippen molar-refractivity contribution in [3.8, 4) is 0 Å². The predicted octanol–water partition coefficient (Wildman–Crippen LogP) is 1.25. The van der Waals surface area contributed by atoms with E-state index in [1.165, 1.54) is 9.13 Å². The molecule has 3 rings (SSSR count). The molecule has 1 aliphatic rings. The molecule has 1 atom stereocenters. The summed E-state index contributed by atoms with van der Waals surface area (Å²) in [6.45, 7) is 10.4. The van der Waals surface area contributed by atoms with Crippen LogP contribution in [0.5, 0.6) is 0 Å². The van der Waals surface area contributed by atoms with Gasteiger partial charge < -0.3 is 0 Å². The topological polar surface area (TPSA) is 77.4 Å². The maximum Gasteiger partial charge on any atom is 0.332 e.